The Kier molecular flexibility index (Phi) is 4.91. The summed E-state index contributed by atoms with van der Waals surface area (Å²) in [6, 6.07) is 15.5. The number of carbonyl (C=O) groups is 1. The largest absolute Gasteiger partial charge is 0.450 e. The molecule has 0 radical (unpaired) electrons. The second-order valence-electron chi connectivity index (χ2n) is 6.31. The Labute approximate surface area is 162 Å². The van der Waals surface area contributed by atoms with Crippen LogP contribution >= 0.6 is 0 Å². The normalized spacial score (nSPS) is 13.5. The fourth-order valence-corrected chi connectivity index (χ4v) is 3.70. The quantitative estimate of drug-likeness (QED) is 0.316. The molecule has 1 amide bonds. The van der Waals surface area contributed by atoms with Gasteiger partial charge in [0.1, 0.15) is 12.7 Å². The van der Waals surface area contributed by atoms with Crippen molar-refractivity contribution in [1.82, 2.24) is 14.6 Å². The van der Waals surface area contributed by atoms with E-state index >= 15 is 0 Å². The van der Waals surface area contributed by atoms with Crippen LogP contribution in [0, 0.1) is 12.3 Å². The zero-order valence-electron chi connectivity index (χ0n) is 15.3. The lowest BCUT2D eigenvalue weighted by Crippen LogP contribution is -2.56. The molecule has 0 aliphatic heterocycles. The Morgan fingerprint density at radius 1 is 1.11 bits per heavy atom. The van der Waals surface area contributed by atoms with Crippen LogP contribution in [0.3, 0.4) is 0 Å². The van der Waals surface area contributed by atoms with Gasteiger partial charge in [-0.25, -0.2) is 13.2 Å². The Morgan fingerprint density at radius 2 is 1.71 bits per heavy atom. The first-order valence-corrected chi connectivity index (χ1v) is 10.1. The molecule has 1 heterocycles. The standard InChI is InChI=1S/C20H18N3O4S/c1-4-19(24)23(2,25)22-14-17(20(21-22)15-10-6-5-7-11-15)16-12-8-9-13-18(16)28(3,26)27/h1,5-14,25H,2-3H3/q+1. The maximum Gasteiger partial charge on any atom is 0.450 e. The van der Waals surface area contributed by atoms with Crippen molar-refractivity contribution in [2.75, 3.05) is 13.3 Å². The van der Waals surface area contributed by atoms with Gasteiger partial charge in [-0.3, -0.25) is 0 Å². The van der Waals surface area contributed by atoms with Crippen LogP contribution in [0.5, 0.6) is 0 Å². The van der Waals surface area contributed by atoms with E-state index < -0.39 is 20.5 Å². The van der Waals surface area contributed by atoms with Crippen molar-refractivity contribution in [1.29, 1.82) is 0 Å². The number of nitrogens with zero attached hydrogens (tertiary/aromatic N) is 3. The number of rotatable bonds is 4. The summed E-state index contributed by atoms with van der Waals surface area (Å²) in [6.45, 7) is 0. The van der Waals surface area contributed by atoms with E-state index in [2.05, 4.69) is 5.10 Å². The van der Waals surface area contributed by atoms with E-state index in [0.29, 0.717) is 22.4 Å². The molecular weight excluding hydrogens is 378 g/mol. The highest BCUT2D eigenvalue weighted by atomic mass is 32.2. The van der Waals surface area contributed by atoms with Gasteiger partial charge in [-0.1, -0.05) is 53.3 Å². The molecule has 1 N–H and O–H groups in total. The van der Waals surface area contributed by atoms with Crippen LogP contribution in [0.1, 0.15) is 0 Å². The molecule has 3 rings (SSSR count). The second kappa shape index (κ2) is 7.05. The molecule has 3 aromatic rings. The second-order valence-corrected chi connectivity index (χ2v) is 8.29. The number of benzene rings is 2. The third-order valence-corrected chi connectivity index (χ3v) is 5.39. The average Bonchev–Trinajstić information content (AvgIpc) is 3.13. The molecule has 0 fully saturated rings. The lowest BCUT2D eigenvalue weighted by Gasteiger charge is -2.18. The van der Waals surface area contributed by atoms with Crippen molar-refractivity contribution in [3.8, 4) is 34.7 Å². The first-order valence-electron chi connectivity index (χ1n) is 8.22. The van der Waals surface area contributed by atoms with E-state index in [1.165, 1.54) is 19.3 Å². The van der Waals surface area contributed by atoms with Crippen LogP contribution in [0.2, 0.25) is 0 Å². The van der Waals surface area contributed by atoms with Gasteiger partial charge in [0.25, 0.3) is 0 Å². The van der Waals surface area contributed by atoms with Crippen LogP contribution in [0.25, 0.3) is 22.4 Å². The number of quaternary nitrogens is 1. The Bertz CT molecular complexity index is 1190. The third kappa shape index (κ3) is 3.46. The van der Waals surface area contributed by atoms with Gasteiger partial charge in [0.05, 0.1) is 11.1 Å². The molecule has 1 aromatic heterocycles. The number of sulfone groups is 1. The van der Waals surface area contributed by atoms with E-state index in [1.807, 2.05) is 12.0 Å². The zero-order valence-corrected chi connectivity index (χ0v) is 16.1. The predicted octanol–water partition coefficient (Wildman–Crippen LogP) is 2.24. The summed E-state index contributed by atoms with van der Waals surface area (Å²) in [4.78, 5) is 13.1. The topological polar surface area (TPSA) is 89.3 Å². The van der Waals surface area contributed by atoms with Crippen molar-refractivity contribution in [2.24, 2.45) is 0 Å². The summed E-state index contributed by atoms with van der Waals surface area (Å²) in [5, 5.41) is 14.9. The van der Waals surface area contributed by atoms with Crippen LogP contribution < -0.4 is 4.76 Å². The Hall–Kier alpha value is -3.25. The van der Waals surface area contributed by atoms with E-state index in [4.69, 9.17) is 6.42 Å². The molecule has 0 bridgehead atoms. The van der Waals surface area contributed by atoms with Gasteiger partial charge >= 0.3 is 5.91 Å². The van der Waals surface area contributed by atoms with E-state index in [-0.39, 0.29) is 4.90 Å². The number of hydrogen-bond donors (Lipinski definition) is 1. The number of carbonyl (C=O) groups excluding carboxylic acids is 1. The summed E-state index contributed by atoms with van der Waals surface area (Å²) in [5.41, 5.74) is 1.94. The minimum Gasteiger partial charge on any atom is -0.224 e. The molecule has 1 atom stereocenters. The smallest absolute Gasteiger partial charge is 0.224 e. The maximum absolute atomic E-state index is 12.3. The summed E-state index contributed by atoms with van der Waals surface area (Å²) in [5.74, 6) is 0.948. The molecule has 8 heteroatoms. The van der Waals surface area contributed by atoms with Gasteiger partial charge in [0.2, 0.25) is 0 Å². The van der Waals surface area contributed by atoms with Crippen molar-refractivity contribution in [3.05, 3.63) is 60.8 Å². The monoisotopic (exact) mass is 396 g/mol. The Morgan fingerprint density at radius 3 is 2.32 bits per heavy atom. The summed E-state index contributed by atoms with van der Waals surface area (Å²) in [7, 11) is -2.35. The zero-order chi connectivity index (χ0) is 20.5. The fourth-order valence-electron chi connectivity index (χ4n) is 2.80. The van der Waals surface area contributed by atoms with Gasteiger partial charge in [0.15, 0.2) is 9.84 Å². The number of hydrogen-bond acceptors (Lipinski definition) is 5. The van der Waals surface area contributed by atoms with Gasteiger partial charge < -0.3 is 0 Å². The highest BCUT2D eigenvalue weighted by Crippen LogP contribution is 2.35. The van der Waals surface area contributed by atoms with Gasteiger partial charge in [0, 0.05) is 33.6 Å². The first kappa shape index (κ1) is 19.5. The van der Waals surface area contributed by atoms with Crippen molar-refractivity contribution >= 4 is 15.7 Å². The third-order valence-electron chi connectivity index (χ3n) is 4.23. The number of terminal acetylenes is 1. The molecule has 0 spiro atoms. The highest BCUT2D eigenvalue weighted by molar-refractivity contribution is 7.90. The summed E-state index contributed by atoms with van der Waals surface area (Å²) in [6.07, 6.45) is 7.67. The van der Waals surface area contributed by atoms with Crippen molar-refractivity contribution < 1.29 is 18.4 Å². The number of amides is 1. The van der Waals surface area contributed by atoms with Crippen molar-refractivity contribution in [2.45, 2.75) is 4.90 Å². The minimum atomic E-state index is -3.53. The van der Waals surface area contributed by atoms with E-state index in [9.17, 15) is 18.4 Å². The number of aromatic nitrogens is 2. The lowest BCUT2D eigenvalue weighted by molar-refractivity contribution is -0.183. The molecule has 1 unspecified atom stereocenters. The van der Waals surface area contributed by atoms with Gasteiger partial charge in [-0.2, -0.15) is 5.21 Å². The van der Waals surface area contributed by atoms with Crippen molar-refractivity contribution in [3.63, 3.8) is 0 Å². The summed E-state index contributed by atoms with van der Waals surface area (Å²) >= 11 is 0. The van der Waals surface area contributed by atoms with E-state index in [0.717, 1.165) is 11.0 Å². The lowest BCUT2D eigenvalue weighted by atomic mass is 10.0. The average molecular weight is 396 g/mol. The predicted molar refractivity (Wildman–Crippen MR) is 105 cm³/mol. The molecule has 0 aliphatic carbocycles. The van der Waals surface area contributed by atoms with Crippen LogP contribution in [0.15, 0.2) is 65.7 Å². The number of hydroxylamine groups is 2. The molecule has 7 nitrogen and oxygen atoms in total. The van der Waals surface area contributed by atoms with Gasteiger partial charge in [-0.15, -0.1) is 11.5 Å². The van der Waals surface area contributed by atoms with E-state index in [1.54, 1.807) is 42.5 Å². The molecular formula is C20H18N3O4S+. The first-order chi connectivity index (χ1) is 13.2. The summed E-state index contributed by atoms with van der Waals surface area (Å²) < 4.78 is 23.2. The molecule has 142 valence electrons. The van der Waals surface area contributed by atoms with Gasteiger partial charge in [-0.05, 0) is 6.07 Å². The molecule has 0 aliphatic rings. The molecule has 28 heavy (non-hydrogen) atoms. The Balaban J connectivity index is 2.34. The van der Waals surface area contributed by atoms with Crippen LogP contribution in [-0.2, 0) is 14.6 Å². The molecule has 0 saturated carbocycles. The SMILES string of the molecule is C#CC(=O)[N+](C)(O)n1cc(-c2ccccc2S(C)(=O)=O)c(-c2ccccc2)n1. The maximum atomic E-state index is 12.3. The molecule has 0 saturated heterocycles. The fraction of sp³-hybridized carbons (Fsp3) is 0.100. The van der Waals surface area contributed by atoms with Crippen LogP contribution in [-0.4, -0.2) is 42.7 Å². The molecule has 2 aromatic carbocycles. The van der Waals surface area contributed by atoms with Crippen LogP contribution in [0.4, 0.5) is 0 Å². The highest BCUT2D eigenvalue weighted by Gasteiger charge is 2.35. The minimum absolute atomic E-state index is 0.113.